The van der Waals surface area contributed by atoms with Crippen LogP contribution in [0.3, 0.4) is 0 Å². The molecule has 2 aromatic rings. The van der Waals surface area contributed by atoms with E-state index in [4.69, 9.17) is 0 Å². The van der Waals surface area contributed by atoms with Crippen molar-refractivity contribution in [1.29, 1.82) is 0 Å². The Morgan fingerprint density at radius 2 is 2.24 bits per heavy atom. The van der Waals surface area contributed by atoms with E-state index < -0.39 is 0 Å². The summed E-state index contributed by atoms with van der Waals surface area (Å²) in [4.78, 5) is 11.2. The van der Waals surface area contributed by atoms with Crippen molar-refractivity contribution in [3.63, 3.8) is 0 Å². The van der Waals surface area contributed by atoms with Gasteiger partial charge in [0, 0.05) is 37.6 Å². The van der Waals surface area contributed by atoms with E-state index in [1.54, 1.807) is 11.3 Å². The first-order valence-electron chi connectivity index (χ1n) is 7.07. The average molecular weight is 369 g/mol. The third kappa shape index (κ3) is 4.76. The molecule has 0 radical (unpaired) electrons. The number of rotatable bonds is 7. The highest BCUT2D eigenvalue weighted by Gasteiger charge is 2.09. The molecule has 2 rings (SSSR count). The van der Waals surface area contributed by atoms with Crippen LogP contribution in [0.25, 0.3) is 0 Å². The van der Waals surface area contributed by atoms with E-state index >= 15 is 0 Å². The fourth-order valence-corrected chi connectivity index (χ4v) is 3.21. The standard InChI is InChI=1S/C15H21BrN4S/c1-4-5-17-7-13-8-18-15(19-11(13)2)20(3)9-12-6-14(16)21-10-12/h6,8,10,17H,4-5,7,9H2,1-3H3. The molecule has 0 unspecified atom stereocenters. The van der Waals surface area contributed by atoms with E-state index in [9.17, 15) is 0 Å². The van der Waals surface area contributed by atoms with Crippen molar-refractivity contribution in [3.8, 4) is 0 Å². The van der Waals surface area contributed by atoms with Crippen LogP contribution in [-0.4, -0.2) is 23.6 Å². The molecule has 4 nitrogen and oxygen atoms in total. The third-order valence-electron chi connectivity index (χ3n) is 3.19. The quantitative estimate of drug-likeness (QED) is 0.755. The first-order valence-corrected chi connectivity index (χ1v) is 8.74. The Kier molecular flexibility index (Phi) is 6.14. The highest BCUT2D eigenvalue weighted by atomic mass is 79.9. The largest absolute Gasteiger partial charge is 0.340 e. The lowest BCUT2D eigenvalue weighted by Gasteiger charge is -2.17. The fraction of sp³-hybridized carbons (Fsp3) is 0.467. The SMILES string of the molecule is CCCNCc1cnc(N(C)Cc2csc(Br)c2)nc1C. The van der Waals surface area contributed by atoms with Crippen molar-refractivity contribution < 1.29 is 0 Å². The van der Waals surface area contributed by atoms with E-state index in [1.807, 2.05) is 20.2 Å². The van der Waals surface area contributed by atoms with Gasteiger partial charge in [0.1, 0.15) is 0 Å². The van der Waals surface area contributed by atoms with Crippen molar-refractivity contribution in [1.82, 2.24) is 15.3 Å². The first kappa shape index (κ1) is 16.4. The minimum Gasteiger partial charge on any atom is -0.340 e. The lowest BCUT2D eigenvalue weighted by Crippen LogP contribution is -2.20. The summed E-state index contributed by atoms with van der Waals surface area (Å²) in [6.07, 6.45) is 3.07. The first-order chi connectivity index (χ1) is 10.1. The molecule has 0 saturated heterocycles. The zero-order valence-corrected chi connectivity index (χ0v) is 15.1. The minimum absolute atomic E-state index is 0.772. The molecule has 0 saturated carbocycles. The van der Waals surface area contributed by atoms with E-state index in [0.29, 0.717) is 0 Å². The van der Waals surface area contributed by atoms with Crippen LogP contribution in [0.5, 0.6) is 0 Å². The van der Waals surface area contributed by atoms with Gasteiger partial charge in [0.05, 0.1) is 3.79 Å². The second-order valence-electron chi connectivity index (χ2n) is 5.07. The summed E-state index contributed by atoms with van der Waals surface area (Å²) in [5.74, 6) is 0.772. The summed E-state index contributed by atoms with van der Waals surface area (Å²) >= 11 is 5.19. The van der Waals surface area contributed by atoms with E-state index in [2.05, 4.69) is 54.5 Å². The number of nitrogens with zero attached hydrogens (tertiary/aromatic N) is 3. The molecule has 6 heteroatoms. The molecule has 0 aromatic carbocycles. The number of nitrogens with one attached hydrogen (secondary N) is 1. The van der Waals surface area contributed by atoms with Gasteiger partial charge in [-0.15, -0.1) is 11.3 Å². The molecule has 0 bridgehead atoms. The molecule has 114 valence electrons. The smallest absolute Gasteiger partial charge is 0.225 e. The van der Waals surface area contributed by atoms with Gasteiger partial charge >= 0.3 is 0 Å². The average Bonchev–Trinajstić information content (AvgIpc) is 2.86. The highest BCUT2D eigenvalue weighted by molar-refractivity contribution is 9.11. The normalized spacial score (nSPS) is 10.9. The maximum atomic E-state index is 4.62. The van der Waals surface area contributed by atoms with E-state index in [1.165, 1.54) is 11.1 Å². The number of aromatic nitrogens is 2. The molecule has 2 aromatic heterocycles. The summed E-state index contributed by atoms with van der Waals surface area (Å²) < 4.78 is 1.15. The molecule has 0 fully saturated rings. The molecule has 0 aliphatic heterocycles. The van der Waals surface area contributed by atoms with Crippen molar-refractivity contribution >= 4 is 33.2 Å². The van der Waals surface area contributed by atoms with Crippen LogP contribution in [0, 0.1) is 6.92 Å². The Bertz CT molecular complexity index is 585. The maximum absolute atomic E-state index is 4.62. The van der Waals surface area contributed by atoms with Crippen molar-refractivity contribution in [2.75, 3.05) is 18.5 Å². The van der Waals surface area contributed by atoms with E-state index in [0.717, 1.165) is 41.5 Å². The summed E-state index contributed by atoms with van der Waals surface area (Å²) in [5.41, 5.74) is 3.48. The van der Waals surface area contributed by atoms with Crippen LogP contribution in [0.15, 0.2) is 21.4 Å². The number of halogens is 1. The minimum atomic E-state index is 0.772. The van der Waals surface area contributed by atoms with Gasteiger partial charge in [-0.25, -0.2) is 9.97 Å². The molecule has 21 heavy (non-hydrogen) atoms. The van der Waals surface area contributed by atoms with Gasteiger partial charge in [-0.2, -0.15) is 0 Å². The van der Waals surface area contributed by atoms with Gasteiger partial charge in [-0.05, 0) is 52.8 Å². The highest BCUT2D eigenvalue weighted by Crippen LogP contribution is 2.22. The molecular formula is C15H21BrN4S. The topological polar surface area (TPSA) is 41.1 Å². The molecule has 1 N–H and O–H groups in total. The van der Waals surface area contributed by atoms with Gasteiger partial charge in [0.25, 0.3) is 0 Å². The van der Waals surface area contributed by atoms with Crippen LogP contribution < -0.4 is 10.2 Å². The zero-order chi connectivity index (χ0) is 15.2. The van der Waals surface area contributed by atoms with Crippen LogP contribution >= 0.6 is 27.3 Å². The van der Waals surface area contributed by atoms with E-state index in [-0.39, 0.29) is 0 Å². The van der Waals surface area contributed by atoms with Crippen molar-refractivity contribution in [3.05, 3.63) is 38.3 Å². The number of anilines is 1. The summed E-state index contributed by atoms with van der Waals surface area (Å²) in [6.45, 7) is 6.88. The van der Waals surface area contributed by atoms with Crippen molar-refractivity contribution in [2.24, 2.45) is 0 Å². The Morgan fingerprint density at radius 3 is 2.86 bits per heavy atom. The van der Waals surface area contributed by atoms with Crippen molar-refractivity contribution in [2.45, 2.75) is 33.4 Å². The lowest BCUT2D eigenvalue weighted by molar-refractivity contribution is 0.667. The Hall–Kier alpha value is -0.980. The molecule has 0 atom stereocenters. The Labute approximate surface area is 138 Å². The number of hydrogen-bond acceptors (Lipinski definition) is 5. The molecule has 0 aliphatic rings. The van der Waals surface area contributed by atoms with Gasteiger partial charge < -0.3 is 10.2 Å². The maximum Gasteiger partial charge on any atom is 0.225 e. The summed E-state index contributed by atoms with van der Waals surface area (Å²) in [6, 6.07) is 2.14. The van der Waals surface area contributed by atoms with Gasteiger partial charge in [-0.1, -0.05) is 6.92 Å². The van der Waals surface area contributed by atoms with Crippen LogP contribution in [-0.2, 0) is 13.1 Å². The monoisotopic (exact) mass is 368 g/mol. The van der Waals surface area contributed by atoms with Gasteiger partial charge in [-0.3, -0.25) is 0 Å². The van der Waals surface area contributed by atoms with Crippen LogP contribution in [0.2, 0.25) is 0 Å². The summed E-state index contributed by atoms with van der Waals surface area (Å²) in [7, 11) is 2.02. The Balaban J connectivity index is 2.01. The van der Waals surface area contributed by atoms with Gasteiger partial charge in [0.15, 0.2) is 0 Å². The molecule has 0 spiro atoms. The van der Waals surface area contributed by atoms with Gasteiger partial charge in [0.2, 0.25) is 5.95 Å². The predicted molar refractivity (Wildman–Crippen MR) is 92.9 cm³/mol. The molecule has 0 amide bonds. The summed E-state index contributed by atoms with van der Waals surface area (Å²) in [5, 5.41) is 5.54. The predicted octanol–water partition coefficient (Wildman–Crippen LogP) is 3.75. The van der Waals surface area contributed by atoms with Crippen LogP contribution in [0.1, 0.15) is 30.2 Å². The Morgan fingerprint density at radius 1 is 1.43 bits per heavy atom. The van der Waals surface area contributed by atoms with Crippen LogP contribution in [0.4, 0.5) is 5.95 Å². The fourth-order valence-electron chi connectivity index (χ4n) is 2.01. The zero-order valence-electron chi connectivity index (χ0n) is 12.7. The molecular weight excluding hydrogens is 348 g/mol. The second kappa shape index (κ2) is 7.87. The third-order valence-corrected chi connectivity index (χ3v) is 4.75. The number of hydrogen-bond donors (Lipinski definition) is 1. The number of aryl methyl sites for hydroxylation is 1. The second-order valence-corrected chi connectivity index (χ2v) is 7.36. The molecule has 2 heterocycles. The molecule has 0 aliphatic carbocycles. The number of thiophene rings is 1. The lowest BCUT2D eigenvalue weighted by atomic mass is 10.2.